The topological polar surface area (TPSA) is 21.3 Å². The normalized spacial score (nSPS) is 12.9. The second-order valence-corrected chi connectivity index (χ2v) is 2.76. The van der Waals surface area contributed by atoms with Gasteiger partial charge in [-0.2, -0.15) is 0 Å². The van der Waals surface area contributed by atoms with Gasteiger partial charge in [-0.15, -0.1) is 0 Å². The summed E-state index contributed by atoms with van der Waals surface area (Å²) >= 11 is 0. The van der Waals surface area contributed by atoms with Gasteiger partial charge in [-0.05, 0) is 25.1 Å². The van der Waals surface area contributed by atoms with E-state index < -0.39 is 0 Å². The molecule has 0 aromatic heterocycles. The highest BCUT2D eigenvalue weighted by atomic mass is 16.5. The quantitative estimate of drug-likeness (QED) is 0.690. The Kier molecular flexibility index (Phi) is 3.26. The lowest BCUT2D eigenvalue weighted by atomic mass is 10.1. The Morgan fingerprint density at radius 3 is 2.50 bits per heavy atom. The first-order chi connectivity index (χ1) is 5.79. The largest absolute Gasteiger partial charge is 0.362 e. The number of ether oxygens (including phenoxy) is 1. The first kappa shape index (κ1) is 9.23. The zero-order chi connectivity index (χ0) is 8.97. The Labute approximate surface area is 73.6 Å². The highest BCUT2D eigenvalue weighted by Crippen LogP contribution is 2.16. The van der Waals surface area contributed by atoms with Gasteiger partial charge >= 0.3 is 0 Å². The van der Waals surface area contributed by atoms with Crippen molar-refractivity contribution in [3.63, 3.8) is 0 Å². The van der Waals surface area contributed by atoms with Crippen molar-refractivity contribution < 1.29 is 4.74 Å². The van der Waals surface area contributed by atoms with Crippen LogP contribution in [0.25, 0.3) is 0 Å². The summed E-state index contributed by atoms with van der Waals surface area (Å²) in [6, 6.07) is 8.20. The van der Waals surface area contributed by atoms with Crippen molar-refractivity contribution in [2.45, 2.75) is 13.2 Å². The van der Waals surface area contributed by atoms with Gasteiger partial charge in [0.1, 0.15) is 6.23 Å². The minimum atomic E-state index is 0.00574. The third-order valence-electron chi connectivity index (χ3n) is 1.97. The van der Waals surface area contributed by atoms with Gasteiger partial charge in [-0.1, -0.05) is 24.3 Å². The van der Waals surface area contributed by atoms with Crippen LogP contribution in [0.5, 0.6) is 0 Å². The van der Waals surface area contributed by atoms with Gasteiger partial charge in [0.2, 0.25) is 0 Å². The Balaban J connectivity index is 2.92. The van der Waals surface area contributed by atoms with E-state index in [1.54, 1.807) is 7.11 Å². The number of benzene rings is 1. The summed E-state index contributed by atoms with van der Waals surface area (Å²) in [7, 11) is 3.59. The van der Waals surface area contributed by atoms with Crippen molar-refractivity contribution in [1.82, 2.24) is 5.32 Å². The SMILES string of the molecule is CNC(OC)c1ccccc1C. The standard InChI is InChI=1S/C10H15NO/c1-8-6-4-5-7-9(8)10(11-2)12-3/h4-7,10-11H,1-3H3. The molecule has 0 bridgehead atoms. The lowest BCUT2D eigenvalue weighted by Gasteiger charge is -2.16. The van der Waals surface area contributed by atoms with Crippen molar-refractivity contribution in [2.75, 3.05) is 14.2 Å². The molecule has 1 N–H and O–H groups in total. The maximum Gasteiger partial charge on any atom is 0.133 e. The Morgan fingerprint density at radius 2 is 2.00 bits per heavy atom. The lowest BCUT2D eigenvalue weighted by Crippen LogP contribution is -2.18. The van der Waals surface area contributed by atoms with Gasteiger partial charge < -0.3 is 4.74 Å². The van der Waals surface area contributed by atoms with E-state index in [1.165, 1.54) is 11.1 Å². The summed E-state index contributed by atoms with van der Waals surface area (Å²) < 4.78 is 5.26. The molecule has 0 aliphatic carbocycles. The predicted molar refractivity (Wildman–Crippen MR) is 50.0 cm³/mol. The molecule has 1 rings (SSSR count). The van der Waals surface area contributed by atoms with Crippen molar-refractivity contribution in [1.29, 1.82) is 0 Å². The third kappa shape index (κ3) is 1.84. The Bertz CT molecular complexity index is 243. The summed E-state index contributed by atoms with van der Waals surface area (Å²) in [6.07, 6.45) is 0.00574. The first-order valence-electron chi connectivity index (χ1n) is 4.05. The molecule has 0 spiro atoms. The molecule has 0 radical (unpaired) electrons. The van der Waals surface area contributed by atoms with E-state index in [0.29, 0.717) is 0 Å². The van der Waals surface area contributed by atoms with Crippen LogP contribution in [0.15, 0.2) is 24.3 Å². The summed E-state index contributed by atoms with van der Waals surface area (Å²) in [6.45, 7) is 2.08. The number of methoxy groups -OCH3 is 1. The molecule has 1 atom stereocenters. The highest BCUT2D eigenvalue weighted by molar-refractivity contribution is 5.27. The molecule has 0 aliphatic rings. The molecule has 12 heavy (non-hydrogen) atoms. The van der Waals surface area contributed by atoms with E-state index in [2.05, 4.69) is 24.4 Å². The fourth-order valence-electron chi connectivity index (χ4n) is 1.28. The fraction of sp³-hybridized carbons (Fsp3) is 0.400. The molecule has 2 heteroatoms. The van der Waals surface area contributed by atoms with Crippen molar-refractivity contribution in [3.05, 3.63) is 35.4 Å². The van der Waals surface area contributed by atoms with E-state index in [-0.39, 0.29) is 6.23 Å². The number of aryl methyl sites for hydroxylation is 1. The van der Waals surface area contributed by atoms with Crippen molar-refractivity contribution in [2.24, 2.45) is 0 Å². The minimum absolute atomic E-state index is 0.00574. The van der Waals surface area contributed by atoms with E-state index in [1.807, 2.05) is 19.2 Å². The average Bonchev–Trinajstić information content (AvgIpc) is 2.10. The smallest absolute Gasteiger partial charge is 0.133 e. The lowest BCUT2D eigenvalue weighted by molar-refractivity contribution is 0.0804. The van der Waals surface area contributed by atoms with Crippen molar-refractivity contribution >= 4 is 0 Å². The molecule has 0 aliphatic heterocycles. The second kappa shape index (κ2) is 4.24. The van der Waals surface area contributed by atoms with Gasteiger partial charge in [-0.25, -0.2) is 0 Å². The van der Waals surface area contributed by atoms with Gasteiger partial charge in [0.25, 0.3) is 0 Å². The number of hydrogen-bond donors (Lipinski definition) is 1. The molecular formula is C10H15NO. The molecule has 0 heterocycles. The molecule has 0 saturated carbocycles. The molecule has 0 saturated heterocycles. The highest BCUT2D eigenvalue weighted by Gasteiger charge is 2.08. The van der Waals surface area contributed by atoms with Crippen LogP contribution in [0.2, 0.25) is 0 Å². The van der Waals surface area contributed by atoms with E-state index in [9.17, 15) is 0 Å². The minimum Gasteiger partial charge on any atom is -0.362 e. The maximum atomic E-state index is 5.26. The zero-order valence-electron chi connectivity index (χ0n) is 7.79. The summed E-state index contributed by atoms with van der Waals surface area (Å²) in [4.78, 5) is 0. The molecule has 0 fully saturated rings. The molecular weight excluding hydrogens is 150 g/mol. The number of rotatable bonds is 3. The van der Waals surface area contributed by atoms with Gasteiger partial charge in [0.15, 0.2) is 0 Å². The van der Waals surface area contributed by atoms with Crippen LogP contribution >= 0.6 is 0 Å². The molecule has 1 aromatic rings. The Hall–Kier alpha value is -0.860. The van der Waals surface area contributed by atoms with E-state index >= 15 is 0 Å². The summed E-state index contributed by atoms with van der Waals surface area (Å²) in [5.74, 6) is 0. The van der Waals surface area contributed by atoms with Gasteiger partial charge in [-0.3, -0.25) is 5.32 Å². The zero-order valence-corrected chi connectivity index (χ0v) is 7.79. The van der Waals surface area contributed by atoms with Crippen LogP contribution in [-0.4, -0.2) is 14.2 Å². The molecule has 0 amide bonds. The van der Waals surface area contributed by atoms with Gasteiger partial charge in [0.05, 0.1) is 0 Å². The van der Waals surface area contributed by atoms with E-state index in [4.69, 9.17) is 4.74 Å². The summed E-state index contributed by atoms with van der Waals surface area (Å²) in [5.41, 5.74) is 2.45. The van der Waals surface area contributed by atoms with E-state index in [0.717, 1.165) is 0 Å². The number of hydrogen-bond acceptors (Lipinski definition) is 2. The maximum absolute atomic E-state index is 5.26. The van der Waals surface area contributed by atoms with Crippen LogP contribution in [0, 0.1) is 6.92 Å². The van der Waals surface area contributed by atoms with Gasteiger partial charge in [0, 0.05) is 7.11 Å². The van der Waals surface area contributed by atoms with Crippen LogP contribution in [0.1, 0.15) is 17.4 Å². The van der Waals surface area contributed by atoms with Crippen LogP contribution in [0.4, 0.5) is 0 Å². The van der Waals surface area contributed by atoms with Crippen LogP contribution < -0.4 is 5.32 Å². The summed E-state index contributed by atoms with van der Waals surface area (Å²) in [5, 5.41) is 3.09. The fourth-order valence-corrected chi connectivity index (χ4v) is 1.28. The number of nitrogens with one attached hydrogen (secondary N) is 1. The molecule has 1 aromatic carbocycles. The predicted octanol–water partition coefficient (Wildman–Crippen LogP) is 1.86. The Morgan fingerprint density at radius 1 is 1.33 bits per heavy atom. The van der Waals surface area contributed by atoms with Crippen LogP contribution in [0.3, 0.4) is 0 Å². The average molecular weight is 165 g/mol. The van der Waals surface area contributed by atoms with Crippen molar-refractivity contribution in [3.8, 4) is 0 Å². The monoisotopic (exact) mass is 165 g/mol. The molecule has 66 valence electrons. The van der Waals surface area contributed by atoms with Crippen LogP contribution in [-0.2, 0) is 4.74 Å². The molecule has 1 unspecified atom stereocenters. The first-order valence-corrected chi connectivity index (χ1v) is 4.05. The molecule has 2 nitrogen and oxygen atoms in total. The second-order valence-electron chi connectivity index (χ2n) is 2.76. The third-order valence-corrected chi connectivity index (χ3v) is 1.97.